The molecule has 0 fully saturated rings. The maximum atomic E-state index is 6.63. The predicted molar refractivity (Wildman–Crippen MR) is 90.7 cm³/mol. The van der Waals surface area contributed by atoms with Gasteiger partial charge in [0.2, 0.25) is 0 Å². The van der Waals surface area contributed by atoms with Gasteiger partial charge in [-0.25, -0.2) is 0 Å². The first-order chi connectivity index (χ1) is 10.3. The van der Waals surface area contributed by atoms with Crippen molar-refractivity contribution in [2.45, 2.75) is 18.9 Å². The van der Waals surface area contributed by atoms with E-state index >= 15 is 0 Å². The molecule has 0 aliphatic heterocycles. The van der Waals surface area contributed by atoms with E-state index in [2.05, 4.69) is 67.6 Å². The van der Waals surface area contributed by atoms with E-state index in [1.54, 1.807) is 11.3 Å². The lowest BCUT2D eigenvalue weighted by atomic mass is 9.85. The van der Waals surface area contributed by atoms with Crippen LogP contribution in [0.3, 0.4) is 0 Å². The van der Waals surface area contributed by atoms with Crippen molar-refractivity contribution < 1.29 is 0 Å². The molecule has 3 rings (SSSR count). The highest BCUT2D eigenvalue weighted by atomic mass is 32.1. The Bertz CT molecular complexity index is 648. The first-order valence-electron chi connectivity index (χ1n) is 7.17. The van der Waals surface area contributed by atoms with Crippen molar-refractivity contribution in [1.29, 1.82) is 0 Å². The maximum absolute atomic E-state index is 6.63. The lowest BCUT2D eigenvalue weighted by Crippen LogP contribution is -2.20. The molecule has 0 aliphatic carbocycles. The molecule has 0 saturated heterocycles. The Balaban J connectivity index is 2.04. The summed E-state index contributed by atoms with van der Waals surface area (Å²) in [5.41, 5.74) is 9.16. The zero-order valence-corrected chi connectivity index (χ0v) is 12.9. The Hall–Kier alpha value is -1.90. The molecule has 21 heavy (non-hydrogen) atoms. The van der Waals surface area contributed by atoms with Crippen LogP contribution in [0.25, 0.3) is 0 Å². The van der Waals surface area contributed by atoms with E-state index in [4.69, 9.17) is 5.73 Å². The summed E-state index contributed by atoms with van der Waals surface area (Å²) in [5, 5.41) is 0. The summed E-state index contributed by atoms with van der Waals surface area (Å²) in [6.07, 6.45) is 0. The molecular weight excluding hydrogens is 274 g/mol. The van der Waals surface area contributed by atoms with Crippen LogP contribution in [0.1, 0.15) is 32.8 Å². The van der Waals surface area contributed by atoms with Crippen LogP contribution in [0, 0.1) is 6.92 Å². The number of thiophene rings is 1. The minimum absolute atomic E-state index is 0.0199. The fourth-order valence-corrected chi connectivity index (χ4v) is 3.64. The Labute approximate surface area is 130 Å². The maximum Gasteiger partial charge on any atom is 0.0500 e. The summed E-state index contributed by atoms with van der Waals surface area (Å²) in [5.74, 6) is 0.186. The lowest BCUT2D eigenvalue weighted by molar-refractivity contribution is 0.640. The lowest BCUT2D eigenvalue weighted by Gasteiger charge is -2.24. The minimum atomic E-state index is -0.0199. The summed E-state index contributed by atoms with van der Waals surface area (Å²) in [4.78, 5) is 2.55. The molecule has 0 spiro atoms. The zero-order chi connectivity index (χ0) is 14.7. The van der Waals surface area contributed by atoms with E-state index in [1.807, 2.05) is 12.1 Å². The van der Waals surface area contributed by atoms with Gasteiger partial charge < -0.3 is 5.73 Å². The standard InChI is InChI=1S/C19H19NS/c1-14-12-13-17(21-14)19(20)18(15-8-4-2-5-9-15)16-10-6-3-7-11-16/h2-13,18-19H,20H2,1H3. The van der Waals surface area contributed by atoms with E-state index in [-0.39, 0.29) is 12.0 Å². The van der Waals surface area contributed by atoms with Gasteiger partial charge >= 0.3 is 0 Å². The van der Waals surface area contributed by atoms with Crippen LogP contribution < -0.4 is 5.73 Å². The summed E-state index contributed by atoms with van der Waals surface area (Å²) < 4.78 is 0. The molecule has 1 aromatic heterocycles. The second-order valence-electron chi connectivity index (χ2n) is 5.27. The summed E-state index contributed by atoms with van der Waals surface area (Å²) in [6, 6.07) is 25.4. The third-order valence-corrected chi connectivity index (χ3v) is 4.87. The Morgan fingerprint density at radius 2 is 1.29 bits per heavy atom. The van der Waals surface area contributed by atoms with Crippen molar-refractivity contribution in [3.63, 3.8) is 0 Å². The number of aryl methyl sites for hydroxylation is 1. The van der Waals surface area contributed by atoms with Gasteiger partial charge in [0.25, 0.3) is 0 Å². The molecule has 2 aromatic carbocycles. The topological polar surface area (TPSA) is 26.0 Å². The average molecular weight is 293 g/mol. The molecular formula is C19H19NS. The first-order valence-corrected chi connectivity index (χ1v) is 7.99. The molecule has 2 heteroatoms. The molecule has 0 aliphatic rings. The average Bonchev–Trinajstić information content (AvgIpc) is 2.96. The molecule has 0 amide bonds. The van der Waals surface area contributed by atoms with Crippen molar-refractivity contribution in [3.05, 3.63) is 93.7 Å². The number of benzene rings is 2. The summed E-state index contributed by atoms with van der Waals surface area (Å²) >= 11 is 1.79. The zero-order valence-electron chi connectivity index (χ0n) is 12.1. The van der Waals surface area contributed by atoms with Crippen LogP contribution in [0.5, 0.6) is 0 Å². The van der Waals surface area contributed by atoms with Crippen LogP contribution in [0.15, 0.2) is 72.8 Å². The largest absolute Gasteiger partial charge is 0.322 e. The van der Waals surface area contributed by atoms with Crippen molar-refractivity contribution in [2.24, 2.45) is 5.73 Å². The molecule has 1 unspecified atom stereocenters. The SMILES string of the molecule is Cc1ccc(C(N)C(c2ccccc2)c2ccccc2)s1. The van der Waals surface area contributed by atoms with E-state index < -0.39 is 0 Å². The van der Waals surface area contributed by atoms with Crippen LogP contribution in [0.4, 0.5) is 0 Å². The normalized spacial score (nSPS) is 12.5. The fraction of sp³-hybridized carbons (Fsp3) is 0.158. The van der Waals surface area contributed by atoms with Crippen LogP contribution >= 0.6 is 11.3 Å². The van der Waals surface area contributed by atoms with Crippen molar-refractivity contribution in [3.8, 4) is 0 Å². The molecule has 0 saturated carbocycles. The number of nitrogens with two attached hydrogens (primary N) is 1. The summed E-state index contributed by atoms with van der Waals surface area (Å²) in [7, 11) is 0. The molecule has 1 heterocycles. The second kappa shape index (κ2) is 6.25. The number of hydrogen-bond acceptors (Lipinski definition) is 2. The summed E-state index contributed by atoms with van der Waals surface area (Å²) in [6.45, 7) is 2.13. The highest BCUT2D eigenvalue weighted by molar-refractivity contribution is 7.12. The smallest absolute Gasteiger partial charge is 0.0500 e. The van der Waals surface area contributed by atoms with E-state index in [9.17, 15) is 0 Å². The quantitative estimate of drug-likeness (QED) is 0.728. The van der Waals surface area contributed by atoms with Gasteiger partial charge in [-0.1, -0.05) is 60.7 Å². The van der Waals surface area contributed by atoms with E-state index in [0.717, 1.165) is 0 Å². The fourth-order valence-electron chi connectivity index (χ4n) is 2.72. The van der Waals surface area contributed by atoms with E-state index in [0.29, 0.717) is 0 Å². The Morgan fingerprint density at radius 3 is 1.71 bits per heavy atom. The van der Waals surface area contributed by atoms with Crippen LogP contribution in [-0.4, -0.2) is 0 Å². The molecule has 0 radical (unpaired) electrons. The molecule has 1 atom stereocenters. The third kappa shape index (κ3) is 3.07. The van der Waals surface area contributed by atoms with Crippen molar-refractivity contribution in [1.82, 2.24) is 0 Å². The number of hydrogen-bond donors (Lipinski definition) is 1. The van der Waals surface area contributed by atoms with Gasteiger partial charge in [-0.05, 0) is 30.2 Å². The highest BCUT2D eigenvalue weighted by Gasteiger charge is 2.24. The molecule has 106 valence electrons. The highest BCUT2D eigenvalue weighted by Crippen LogP contribution is 2.37. The first kappa shape index (κ1) is 14.1. The molecule has 2 N–H and O–H groups in total. The third-order valence-electron chi connectivity index (χ3n) is 3.77. The Morgan fingerprint density at radius 1 is 0.762 bits per heavy atom. The van der Waals surface area contributed by atoms with Gasteiger partial charge in [-0.15, -0.1) is 11.3 Å². The predicted octanol–water partition coefficient (Wildman–Crippen LogP) is 4.89. The van der Waals surface area contributed by atoms with E-state index in [1.165, 1.54) is 20.9 Å². The van der Waals surface area contributed by atoms with Crippen LogP contribution in [0.2, 0.25) is 0 Å². The minimum Gasteiger partial charge on any atom is -0.322 e. The van der Waals surface area contributed by atoms with Gasteiger partial charge in [0.05, 0.1) is 6.04 Å². The number of rotatable bonds is 4. The van der Waals surface area contributed by atoms with Gasteiger partial charge in [0.15, 0.2) is 0 Å². The van der Waals surface area contributed by atoms with Gasteiger partial charge in [-0.2, -0.15) is 0 Å². The van der Waals surface area contributed by atoms with Gasteiger partial charge in [0.1, 0.15) is 0 Å². The molecule has 3 aromatic rings. The van der Waals surface area contributed by atoms with Gasteiger partial charge in [-0.3, -0.25) is 0 Å². The molecule has 0 bridgehead atoms. The Kier molecular flexibility index (Phi) is 4.18. The van der Waals surface area contributed by atoms with Crippen molar-refractivity contribution in [2.75, 3.05) is 0 Å². The monoisotopic (exact) mass is 293 g/mol. The van der Waals surface area contributed by atoms with Crippen LogP contribution in [-0.2, 0) is 0 Å². The van der Waals surface area contributed by atoms with Gasteiger partial charge in [0, 0.05) is 15.7 Å². The molecule has 1 nitrogen and oxygen atoms in total. The second-order valence-corrected chi connectivity index (χ2v) is 6.59. The van der Waals surface area contributed by atoms with Crippen molar-refractivity contribution >= 4 is 11.3 Å².